The molecule has 2 aromatic rings. The molecule has 136 valence electrons. The SMILES string of the molecule is CCCCCC(C)(C)c1ccc(OCCOc2ccc(C)cc2)cc1. The molecule has 0 unspecified atom stereocenters. The Labute approximate surface area is 153 Å². The van der Waals surface area contributed by atoms with E-state index in [9.17, 15) is 0 Å². The monoisotopic (exact) mass is 340 g/mol. The second-order valence-corrected chi connectivity index (χ2v) is 7.38. The van der Waals surface area contributed by atoms with Crippen molar-refractivity contribution in [3.05, 3.63) is 59.7 Å². The number of aryl methyl sites for hydroxylation is 1. The molecule has 0 aliphatic carbocycles. The topological polar surface area (TPSA) is 18.5 Å². The van der Waals surface area contributed by atoms with Crippen LogP contribution in [0.4, 0.5) is 0 Å². The first-order chi connectivity index (χ1) is 12.0. The van der Waals surface area contributed by atoms with Gasteiger partial charge in [0.1, 0.15) is 24.7 Å². The third-order valence-corrected chi connectivity index (χ3v) is 4.68. The van der Waals surface area contributed by atoms with Gasteiger partial charge in [-0.1, -0.05) is 69.9 Å². The van der Waals surface area contributed by atoms with Crippen LogP contribution in [-0.2, 0) is 5.41 Å². The minimum Gasteiger partial charge on any atom is -0.490 e. The average Bonchev–Trinajstić information content (AvgIpc) is 2.61. The smallest absolute Gasteiger partial charge is 0.122 e. The Morgan fingerprint density at radius 1 is 0.760 bits per heavy atom. The van der Waals surface area contributed by atoms with Crippen LogP contribution in [0.15, 0.2) is 48.5 Å². The fourth-order valence-electron chi connectivity index (χ4n) is 2.92. The van der Waals surface area contributed by atoms with E-state index < -0.39 is 0 Å². The number of rotatable bonds is 10. The first-order valence-electron chi connectivity index (χ1n) is 9.44. The highest BCUT2D eigenvalue weighted by Crippen LogP contribution is 2.30. The molecule has 0 aliphatic heterocycles. The predicted octanol–water partition coefficient (Wildman–Crippen LogP) is 6.31. The molecule has 0 atom stereocenters. The minimum atomic E-state index is 0.224. The van der Waals surface area contributed by atoms with E-state index in [-0.39, 0.29) is 5.41 Å². The van der Waals surface area contributed by atoms with Crippen molar-refractivity contribution in [1.29, 1.82) is 0 Å². The summed E-state index contributed by atoms with van der Waals surface area (Å²) in [4.78, 5) is 0. The second-order valence-electron chi connectivity index (χ2n) is 7.38. The van der Waals surface area contributed by atoms with Crippen LogP contribution >= 0.6 is 0 Å². The van der Waals surface area contributed by atoms with E-state index in [1.165, 1.54) is 36.8 Å². The molecule has 0 fully saturated rings. The molecule has 0 radical (unpaired) electrons. The molecule has 2 aromatic carbocycles. The molecule has 2 nitrogen and oxygen atoms in total. The van der Waals surface area contributed by atoms with E-state index in [1.54, 1.807) is 0 Å². The molecule has 0 amide bonds. The Bertz CT molecular complexity index is 612. The van der Waals surface area contributed by atoms with Crippen LogP contribution in [0, 0.1) is 6.92 Å². The maximum Gasteiger partial charge on any atom is 0.122 e. The van der Waals surface area contributed by atoms with Gasteiger partial charge in [-0.05, 0) is 48.6 Å². The molecule has 2 rings (SSSR count). The van der Waals surface area contributed by atoms with Gasteiger partial charge in [-0.2, -0.15) is 0 Å². The summed E-state index contributed by atoms with van der Waals surface area (Å²) in [5.41, 5.74) is 2.84. The average molecular weight is 341 g/mol. The standard InChI is InChI=1S/C23H32O2/c1-5-6-7-16-23(3,4)20-10-14-22(15-11-20)25-18-17-24-21-12-8-19(2)9-13-21/h8-15H,5-7,16-18H2,1-4H3. The summed E-state index contributed by atoms with van der Waals surface area (Å²) >= 11 is 0. The van der Waals surface area contributed by atoms with Crippen molar-refractivity contribution in [2.45, 2.75) is 58.8 Å². The van der Waals surface area contributed by atoms with Crippen LogP contribution in [0.3, 0.4) is 0 Å². The first-order valence-corrected chi connectivity index (χ1v) is 9.44. The molecule has 0 aliphatic rings. The van der Waals surface area contributed by atoms with Crippen LogP contribution in [0.1, 0.15) is 57.6 Å². The Morgan fingerprint density at radius 2 is 1.28 bits per heavy atom. The molecular formula is C23H32O2. The van der Waals surface area contributed by atoms with Crippen LogP contribution in [-0.4, -0.2) is 13.2 Å². The van der Waals surface area contributed by atoms with Gasteiger partial charge in [0.25, 0.3) is 0 Å². The highest BCUT2D eigenvalue weighted by Gasteiger charge is 2.19. The number of unbranched alkanes of at least 4 members (excludes halogenated alkanes) is 2. The quantitative estimate of drug-likeness (QED) is 0.472. The largest absolute Gasteiger partial charge is 0.490 e. The van der Waals surface area contributed by atoms with Crippen molar-refractivity contribution < 1.29 is 9.47 Å². The molecule has 25 heavy (non-hydrogen) atoms. The van der Waals surface area contributed by atoms with Gasteiger partial charge in [-0.15, -0.1) is 0 Å². The van der Waals surface area contributed by atoms with E-state index in [2.05, 4.69) is 64.1 Å². The van der Waals surface area contributed by atoms with Gasteiger partial charge in [0.05, 0.1) is 0 Å². The van der Waals surface area contributed by atoms with Gasteiger partial charge in [0.2, 0.25) is 0 Å². The summed E-state index contributed by atoms with van der Waals surface area (Å²) in [6.07, 6.45) is 5.10. The van der Waals surface area contributed by atoms with E-state index in [0.29, 0.717) is 13.2 Å². The van der Waals surface area contributed by atoms with Gasteiger partial charge in [0, 0.05) is 0 Å². The third-order valence-electron chi connectivity index (χ3n) is 4.68. The molecule has 0 saturated heterocycles. The van der Waals surface area contributed by atoms with Crippen molar-refractivity contribution in [2.75, 3.05) is 13.2 Å². The van der Waals surface area contributed by atoms with Crippen LogP contribution in [0.5, 0.6) is 11.5 Å². The van der Waals surface area contributed by atoms with Crippen molar-refractivity contribution >= 4 is 0 Å². The zero-order chi connectivity index (χ0) is 18.1. The zero-order valence-electron chi connectivity index (χ0n) is 16.2. The molecule has 0 spiro atoms. The Morgan fingerprint density at radius 3 is 1.80 bits per heavy atom. The maximum absolute atomic E-state index is 5.79. The zero-order valence-corrected chi connectivity index (χ0v) is 16.2. The van der Waals surface area contributed by atoms with Gasteiger partial charge >= 0.3 is 0 Å². The lowest BCUT2D eigenvalue weighted by Crippen LogP contribution is -2.17. The molecule has 0 saturated carbocycles. The Hall–Kier alpha value is -1.96. The van der Waals surface area contributed by atoms with Gasteiger partial charge < -0.3 is 9.47 Å². The maximum atomic E-state index is 5.79. The summed E-state index contributed by atoms with van der Waals surface area (Å²) in [5.74, 6) is 1.79. The lowest BCUT2D eigenvalue weighted by Gasteiger charge is -2.25. The fraction of sp³-hybridized carbons (Fsp3) is 0.478. The summed E-state index contributed by atoms with van der Waals surface area (Å²) in [7, 11) is 0. The Balaban J connectivity index is 1.77. The number of benzene rings is 2. The predicted molar refractivity (Wildman–Crippen MR) is 106 cm³/mol. The van der Waals surface area contributed by atoms with Crippen molar-refractivity contribution in [3.63, 3.8) is 0 Å². The number of ether oxygens (including phenoxy) is 2. The summed E-state index contributed by atoms with van der Waals surface area (Å²) in [5, 5.41) is 0. The molecule has 0 aromatic heterocycles. The lowest BCUT2D eigenvalue weighted by molar-refractivity contribution is 0.217. The highest BCUT2D eigenvalue weighted by molar-refractivity contribution is 5.31. The molecule has 2 heteroatoms. The van der Waals surface area contributed by atoms with Gasteiger partial charge in [-0.25, -0.2) is 0 Å². The number of hydrogen-bond acceptors (Lipinski definition) is 2. The molecular weight excluding hydrogens is 308 g/mol. The van der Waals surface area contributed by atoms with Gasteiger partial charge in [0.15, 0.2) is 0 Å². The second kappa shape index (κ2) is 9.50. The first kappa shape index (κ1) is 19.4. The molecule has 0 bridgehead atoms. The van der Waals surface area contributed by atoms with Crippen LogP contribution in [0.2, 0.25) is 0 Å². The van der Waals surface area contributed by atoms with Crippen molar-refractivity contribution in [1.82, 2.24) is 0 Å². The van der Waals surface area contributed by atoms with Crippen molar-refractivity contribution in [3.8, 4) is 11.5 Å². The number of hydrogen-bond donors (Lipinski definition) is 0. The highest BCUT2D eigenvalue weighted by atomic mass is 16.5. The van der Waals surface area contributed by atoms with E-state index in [0.717, 1.165) is 11.5 Å². The normalized spacial score (nSPS) is 11.4. The molecule has 0 N–H and O–H groups in total. The fourth-order valence-corrected chi connectivity index (χ4v) is 2.92. The third kappa shape index (κ3) is 6.45. The summed E-state index contributed by atoms with van der Waals surface area (Å²) < 4.78 is 11.5. The lowest BCUT2D eigenvalue weighted by atomic mass is 9.80. The van der Waals surface area contributed by atoms with Gasteiger partial charge in [-0.3, -0.25) is 0 Å². The van der Waals surface area contributed by atoms with E-state index in [4.69, 9.17) is 9.47 Å². The molecule has 0 heterocycles. The van der Waals surface area contributed by atoms with Crippen LogP contribution in [0.25, 0.3) is 0 Å². The summed E-state index contributed by atoms with van der Waals surface area (Å²) in [6, 6.07) is 16.6. The summed E-state index contributed by atoms with van der Waals surface area (Å²) in [6.45, 7) is 10.1. The van der Waals surface area contributed by atoms with Crippen molar-refractivity contribution in [2.24, 2.45) is 0 Å². The van der Waals surface area contributed by atoms with Crippen LogP contribution < -0.4 is 9.47 Å². The van der Waals surface area contributed by atoms with E-state index in [1.807, 2.05) is 12.1 Å². The minimum absolute atomic E-state index is 0.224. The Kier molecular flexibility index (Phi) is 7.36. The van der Waals surface area contributed by atoms with E-state index >= 15 is 0 Å².